The number of fused-ring (bicyclic) bond motifs is 4. The average molecular weight is 369 g/mol. The number of piperidine rings is 3. The van der Waals surface area contributed by atoms with Gasteiger partial charge in [0.15, 0.2) is 0 Å². The Morgan fingerprint density at radius 2 is 2.00 bits per heavy atom. The molecule has 5 rings (SSSR count). The van der Waals surface area contributed by atoms with Crippen LogP contribution in [-0.4, -0.2) is 35.5 Å². The molecule has 1 aromatic heterocycles. The third-order valence-electron chi connectivity index (χ3n) is 5.58. The van der Waals surface area contributed by atoms with Crippen LogP contribution < -0.4 is 5.32 Å². The molecule has 0 saturated carbocycles. The fourth-order valence-electron chi connectivity index (χ4n) is 4.22. The summed E-state index contributed by atoms with van der Waals surface area (Å²) in [6.45, 7) is 6.71. The molecule has 2 aromatic rings. The Balaban J connectivity index is 0.00000169. The van der Waals surface area contributed by atoms with Crippen LogP contribution in [0.1, 0.15) is 36.4 Å². The van der Waals surface area contributed by atoms with E-state index in [1.165, 1.54) is 23.5 Å². The fraction of sp³-hybridized carbons (Fsp3) is 0.500. The molecule has 4 heterocycles. The van der Waals surface area contributed by atoms with E-state index in [0.717, 1.165) is 36.0 Å². The van der Waals surface area contributed by atoms with Gasteiger partial charge in [-0.3, -0.25) is 9.69 Å². The second kappa shape index (κ2) is 6.28. The van der Waals surface area contributed by atoms with Crippen molar-refractivity contribution < 1.29 is 9.18 Å². The number of benzene rings is 1. The zero-order chi connectivity index (χ0) is 16.2. The largest absolute Gasteiger partial charge is 0.346 e. The Labute approximate surface area is 151 Å². The van der Waals surface area contributed by atoms with E-state index in [0.29, 0.717) is 10.8 Å². The van der Waals surface area contributed by atoms with E-state index in [2.05, 4.69) is 24.1 Å². The van der Waals surface area contributed by atoms with Crippen LogP contribution in [0.25, 0.3) is 10.1 Å². The van der Waals surface area contributed by atoms with Crippen LogP contribution in [-0.2, 0) is 0 Å². The highest BCUT2D eigenvalue weighted by molar-refractivity contribution is 7.20. The standard InChI is InChI=1S/C18H21FN2OS.ClH/c1-18(2)16(11-5-7-21(18)8-6-11)20-17(22)15-10-12-9-13(19)3-4-14(12)23-15;/h3-4,9-11,16H,5-8H2,1-2H3,(H,20,22);1H/t16-;/m0./s1. The number of amides is 1. The number of hydrogen-bond acceptors (Lipinski definition) is 3. The molecule has 1 aromatic carbocycles. The molecular formula is C18H22ClFN2OS. The monoisotopic (exact) mass is 368 g/mol. The highest BCUT2D eigenvalue weighted by Crippen LogP contribution is 2.39. The first-order valence-electron chi connectivity index (χ1n) is 8.20. The molecule has 3 fully saturated rings. The lowest BCUT2D eigenvalue weighted by atomic mass is 9.72. The molecule has 3 aliphatic rings. The van der Waals surface area contributed by atoms with E-state index in [-0.39, 0.29) is 35.7 Å². The number of rotatable bonds is 2. The summed E-state index contributed by atoms with van der Waals surface area (Å²) in [5.41, 5.74) is -0.000380. The van der Waals surface area contributed by atoms with Crippen LogP contribution in [0.3, 0.4) is 0 Å². The number of carbonyl (C=O) groups excluding carboxylic acids is 1. The van der Waals surface area contributed by atoms with Crippen molar-refractivity contribution >= 4 is 39.7 Å². The highest BCUT2D eigenvalue weighted by atomic mass is 35.5. The average Bonchev–Trinajstić information content (AvgIpc) is 2.94. The molecule has 1 atom stereocenters. The van der Waals surface area contributed by atoms with Gasteiger partial charge >= 0.3 is 0 Å². The first-order chi connectivity index (χ1) is 10.9. The number of nitrogens with zero attached hydrogens (tertiary/aromatic N) is 1. The lowest BCUT2D eigenvalue weighted by molar-refractivity contribution is -0.0377. The molecule has 1 amide bonds. The van der Waals surface area contributed by atoms with Crippen LogP contribution in [0, 0.1) is 11.7 Å². The van der Waals surface area contributed by atoms with Crippen LogP contribution >= 0.6 is 23.7 Å². The lowest BCUT2D eigenvalue weighted by Crippen LogP contribution is -2.69. The first-order valence-corrected chi connectivity index (χ1v) is 9.02. The summed E-state index contributed by atoms with van der Waals surface area (Å²) in [7, 11) is 0. The van der Waals surface area contributed by atoms with E-state index >= 15 is 0 Å². The van der Waals surface area contributed by atoms with Gasteiger partial charge in [0, 0.05) is 16.3 Å². The molecule has 3 aliphatic heterocycles. The highest BCUT2D eigenvalue weighted by Gasteiger charge is 2.48. The summed E-state index contributed by atoms with van der Waals surface area (Å²) in [4.78, 5) is 15.9. The molecule has 0 unspecified atom stereocenters. The van der Waals surface area contributed by atoms with E-state index < -0.39 is 0 Å². The van der Waals surface area contributed by atoms with Crippen molar-refractivity contribution in [1.82, 2.24) is 10.2 Å². The van der Waals surface area contributed by atoms with Gasteiger partial charge in [0.2, 0.25) is 0 Å². The number of halogens is 2. The summed E-state index contributed by atoms with van der Waals surface area (Å²) in [5.74, 6) is 0.269. The van der Waals surface area contributed by atoms with Crippen molar-refractivity contribution in [3.05, 3.63) is 35.0 Å². The predicted molar refractivity (Wildman–Crippen MR) is 98.7 cm³/mol. The molecule has 6 heteroatoms. The van der Waals surface area contributed by atoms with Gasteiger partial charge < -0.3 is 5.32 Å². The summed E-state index contributed by atoms with van der Waals surface area (Å²) < 4.78 is 14.3. The molecule has 2 bridgehead atoms. The van der Waals surface area contributed by atoms with Crippen molar-refractivity contribution in [2.75, 3.05) is 13.1 Å². The third-order valence-corrected chi connectivity index (χ3v) is 6.69. The summed E-state index contributed by atoms with van der Waals surface area (Å²) >= 11 is 1.43. The van der Waals surface area contributed by atoms with Crippen LogP contribution in [0.2, 0.25) is 0 Å². The molecule has 130 valence electrons. The summed E-state index contributed by atoms with van der Waals surface area (Å²) in [5, 5.41) is 4.07. The Bertz CT molecular complexity index is 767. The predicted octanol–water partition coefficient (Wildman–Crippen LogP) is 4.06. The Morgan fingerprint density at radius 1 is 1.29 bits per heavy atom. The number of thiophene rings is 1. The van der Waals surface area contributed by atoms with Gasteiger partial charge in [0.25, 0.3) is 5.91 Å². The molecule has 0 spiro atoms. The van der Waals surface area contributed by atoms with E-state index in [4.69, 9.17) is 0 Å². The Kier molecular flexibility index (Phi) is 4.62. The zero-order valence-corrected chi connectivity index (χ0v) is 15.5. The maximum absolute atomic E-state index is 13.3. The number of carbonyl (C=O) groups is 1. The minimum Gasteiger partial charge on any atom is -0.346 e. The van der Waals surface area contributed by atoms with Crippen molar-refractivity contribution in [2.24, 2.45) is 5.92 Å². The number of hydrogen-bond donors (Lipinski definition) is 1. The molecule has 0 radical (unpaired) electrons. The molecule has 0 aliphatic carbocycles. The van der Waals surface area contributed by atoms with Gasteiger partial charge in [-0.05, 0) is 75.3 Å². The normalized spacial score (nSPS) is 27.7. The van der Waals surface area contributed by atoms with Gasteiger partial charge in [-0.25, -0.2) is 4.39 Å². The quantitative estimate of drug-likeness (QED) is 0.866. The maximum atomic E-state index is 13.3. The minimum atomic E-state index is -0.263. The van der Waals surface area contributed by atoms with E-state index in [1.807, 2.05) is 0 Å². The fourth-order valence-corrected chi connectivity index (χ4v) is 5.16. The topological polar surface area (TPSA) is 32.3 Å². The molecule has 3 saturated heterocycles. The smallest absolute Gasteiger partial charge is 0.261 e. The van der Waals surface area contributed by atoms with Gasteiger partial charge in [-0.2, -0.15) is 0 Å². The van der Waals surface area contributed by atoms with Gasteiger partial charge in [0.05, 0.1) is 4.88 Å². The summed E-state index contributed by atoms with van der Waals surface area (Å²) in [6, 6.07) is 6.65. The third kappa shape index (κ3) is 2.83. The van der Waals surface area contributed by atoms with Gasteiger partial charge in [-0.1, -0.05) is 0 Å². The minimum absolute atomic E-state index is 0. The summed E-state index contributed by atoms with van der Waals surface area (Å²) in [6.07, 6.45) is 2.32. The van der Waals surface area contributed by atoms with Crippen LogP contribution in [0.5, 0.6) is 0 Å². The maximum Gasteiger partial charge on any atom is 0.261 e. The Morgan fingerprint density at radius 3 is 2.67 bits per heavy atom. The molecular weight excluding hydrogens is 347 g/mol. The second-order valence-corrected chi connectivity index (χ2v) is 8.31. The van der Waals surface area contributed by atoms with Crippen molar-refractivity contribution in [1.29, 1.82) is 0 Å². The van der Waals surface area contributed by atoms with Crippen molar-refractivity contribution in [3.8, 4) is 0 Å². The van der Waals surface area contributed by atoms with Crippen molar-refractivity contribution in [2.45, 2.75) is 38.3 Å². The SMILES string of the molecule is CC1(C)[C@@H](NC(=O)c2cc3cc(F)ccc3s2)C2CCN1CC2.Cl. The lowest BCUT2D eigenvalue weighted by Gasteiger charge is -2.56. The van der Waals surface area contributed by atoms with Crippen molar-refractivity contribution in [3.63, 3.8) is 0 Å². The van der Waals surface area contributed by atoms with E-state index in [1.54, 1.807) is 12.1 Å². The zero-order valence-electron chi connectivity index (χ0n) is 13.8. The van der Waals surface area contributed by atoms with E-state index in [9.17, 15) is 9.18 Å². The molecule has 1 N–H and O–H groups in total. The molecule has 3 nitrogen and oxygen atoms in total. The molecule has 24 heavy (non-hydrogen) atoms. The van der Waals surface area contributed by atoms with Gasteiger partial charge in [-0.15, -0.1) is 23.7 Å². The van der Waals surface area contributed by atoms with Crippen LogP contribution in [0.4, 0.5) is 4.39 Å². The van der Waals surface area contributed by atoms with Crippen LogP contribution in [0.15, 0.2) is 24.3 Å². The second-order valence-electron chi connectivity index (χ2n) is 7.22. The van der Waals surface area contributed by atoms with Gasteiger partial charge in [0.1, 0.15) is 5.82 Å². The first kappa shape index (κ1) is 17.6. The number of nitrogens with one attached hydrogen (secondary N) is 1. The Hall–Kier alpha value is -1.17.